The van der Waals surface area contributed by atoms with Crippen LogP contribution in [0.4, 0.5) is 19.1 Å². The van der Waals surface area contributed by atoms with E-state index < -0.39 is 36.4 Å². The van der Waals surface area contributed by atoms with Crippen molar-refractivity contribution in [3.8, 4) is 0 Å². The number of carbonyl (C=O) groups excluding carboxylic acids is 1. The fourth-order valence-corrected chi connectivity index (χ4v) is 2.26. The maximum absolute atomic E-state index is 12.7. The van der Waals surface area contributed by atoms with Gasteiger partial charge in [-0.15, -0.1) is 0 Å². The fraction of sp³-hybridized carbons (Fsp3) is 0.545. The van der Waals surface area contributed by atoms with Gasteiger partial charge in [0.25, 0.3) is 0 Å². The third-order valence-electron chi connectivity index (χ3n) is 3.10. The van der Waals surface area contributed by atoms with Crippen molar-refractivity contribution >= 4 is 11.9 Å². The highest BCUT2D eigenvalue weighted by Crippen LogP contribution is 2.34. The van der Waals surface area contributed by atoms with Gasteiger partial charge >= 0.3 is 6.18 Å². The lowest BCUT2D eigenvalue weighted by atomic mass is 10.1. The Labute approximate surface area is 112 Å². The van der Waals surface area contributed by atoms with Crippen molar-refractivity contribution < 1.29 is 23.1 Å². The molecule has 3 N–H and O–H groups in total. The summed E-state index contributed by atoms with van der Waals surface area (Å²) in [6.45, 7) is -0.321. The maximum Gasteiger partial charge on any atom is 0.433 e. The van der Waals surface area contributed by atoms with E-state index in [1.54, 1.807) is 0 Å². The standard InChI is InChI=1S/C11H13F3N4O2/c12-11(13,14)8-4-6(16-10(15)17-8)7-2-1-3-18(7)9(20)5-19/h4,7,19H,1-3,5H2,(H2,15,16,17)/t7-/m0/s1. The molecule has 1 saturated heterocycles. The largest absolute Gasteiger partial charge is 0.433 e. The van der Waals surface area contributed by atoms with Crippen molar-refractivity contribution in [3.05, 3.63) is 17.5 Å². The summed E-state index contributed by atoms with van der Waals surface area (Å²) in [6.07, 6.45) is -3.53. The Morgan fingerprint density at radius 1 is 1.50 bits per heavy atom. The molecule has 0 spiro atoms. The number of nitrogen functional groups attached to an aromatic ring is 1. The number of carbonyl (C=O) groups is 1. The van der Waals surface area contributed by atoms with Crippen molar-refractivity contribution in [2.75, 3.05) is 18.9 Å². The number of amides is 1. The Bertz CT molecular complexity index is 521. The first-order valence-electron chi connectivity index (χ1n) is 5.95. The molecular formula is C11H13F3N4O2. The number of alkyl halides is 3. The Morgan fingerprint density at radius 2 is 2.20 bits per heavy atom. The van der Waals surface area contributed by atoms with Gasteiger partial charge in [-0.05, 0) is 18.9 Å². The predicted molar refractivity (Wildman–Crippen MR) is 62.2 cm³/mol. The number of likely N-dealkylation sites (tertiary alicyclic amines) is 1. The zero-order chi connectivity index (χ0) is 14.9. The van der Waals surface area contributed by atoms with Gasteiger partial charge in [0.15, 0.2) is 0 Å². The number of aliphatic hydroxyl groups excluding tert-OH is 1. The first-order valence-corrected chi connectivity index (χ1v) is 5.95. The highest BCUT2D eigenvalue weighted by atomic mass is 19.4. The molecule has 9 heteroatoms. The Kier molecular flexibility index (Phi) is 3.80. The second-order valence-electron chi connectivity index (χ2n) is 4.44. The quantitative estimate of drug-likeness (QED) is 0.838. The van der Waals surface area contributed by atoms with Crippen LogP contribution in [0.1, 0.15) is 30.3 Å². The summed E-state index contributed by atoms with van der Waals surface area (Å²) in [4.78, 5) is 19.8. The van der Waals surface area contributed by atoms with Gasteiger partial charge in [0, 0.05) is 6.54 Å². The summed E-state index contributed by atoms with van der Waals surface area (Å²) in [7, 11) is 0. The van der Waals surface area contributed by atoms with Gasteiger partial charge in [-0.3, -0.25) is 4.79 Å². The van der Waals surface area contributed by atoms with E-state index in [4.69, 9.17) is 10.8 Å². The molecule has 1 amide bonds. The van der Waals surface area contributed by atoms with Crippen LogP contribution in [0.3, 0.4) is 0 Å². The summed E-state index contributed by atoms with van der Waals surface area (Å²) in [6, 6.07) is 0.185. The molecule has 1 aliphatic heterocycles. The van der Waals surface area contributed by atoms with Crippen LogP contribution in [0, 0.1) is 0 Å². The second-order valence-corrected chi connectivity index (χ2v) is 4.44. The third-order valence-corrected chi connectivity index (χ3v) is 3.10. The van der Waals surface area contributed by atoms with E-state index in [1.165, 1.54) is 4.90 Å². The number of aromatic nitrogens is 2. The molecule has 1 aliphatic rings. The first kappa shape index (κ1) is 14.5. The molecular weight excluding hydrogens is 277 g/mol. The lowest BCUT2D eigenvalue weighted by molar-refractivity contribution is -0.141. The summed E-state index contributed by atoms with van der Waals surface area (Å²) in [5.74, 6) is -1.03. The molecule has 0 aliphatic carbocycles. The Hall–Kier alpha value is -1.90. The first-order chi connectivity index (χ1) is 9.32. The monoisotopic (exact) mass is 290 g/mol. The van der Waals surface area contributed by atoms with Gasteiger partial charge in [0.1, 0.15) is 12.3 Å². The molecule has 0 bridgehead atoms. The number of rotatable bonds is 2. The van der Waals surface area contributed by atoms with Crippen LogP contribution in [-0.4, -0.2) is 39.0 Å². The fourth-order valence-electron chi connectivity index (χ4n) is 2.26. The minimum Gasteiger partial charge on any atom is -0.387 e. The molecule has 1 atom stereocenters. The Balaban J connectivity index is 2.37. The van der Waals surface area contributed by atoms with E-state index in [0.717, 1.165) is 6.07 Å². The molecule has 0 radical (unpaired) electrons. The van der Waals surface area contributed by atoms with Crippen LogP contribution in [0.2, 0.25) is 0 Å². The average Bonchev–Trinajstić information content (AvgIpc) is 2.85. The van der Waals surface area contributed by atoms with Crippen LogP contribution >= 0.6 is 0 Å². The zero-order valence-electron chi connectivity index (χ0n) is 10.4. The number of aliphatic hydroxyl groups is 1. The number of hydrogen-bond donors (Lipinski definition) is 2. The summed E-state index contributed by atoms with van der Waals surface area (Å²) in [5, 5.41) is 8.87. The van der Waals surface area contributed by atoms with Crippen LogP contribution < -0.4 is 5.73 Å². The molecule has 20 heavy (non-hydrogen) atoms. The molecule has 2 heterocycles. The van der Waals surface area contributed by atoms with E-state index in [9.17, 15) is 18.0 Å². The zero-order valence-corrected chi connectivity index (χ0v) is 10.4. The lowest BCUT2D eigenvalue weighted by Gasteiger charge is -2.24. The van der Waals surface area contributed by atoms with E-state index in [2.05, 4.69) is 9.97 Å². The van der Waals surface area contributed by atoms with Gasteiger partial charge in [0.2, 0.25) is 11.9 Å². The summed E-state index contributed by atoms with van der Waals surface area (Å²) >= 11 is 0. The molecule has 2 rings (SSSR count). The topological polar surface area (TPSA) is 92.3 Å². The predicted octanol–water partition coefficient (Wildman–Crippen LogP) is 0.733. The van der Waals surface area contributed by atoms with Crippen molar-refractivity contribution in [1.82, 2.24) is 14.9 Å². The van der Waals surface area contributed by atoms with Gasteiger partial charge in [-0.25, -0.2) is 9.97 Å². The lowest BCUT2D eigenvalue weighted by Crippen LogP contribution is -2.33. The molecule has 6 nitrogen and oxygen atoms in total. The summed E-state index contributed by atoms with van der Waals surface area (Å²) in [5.41, 5.74) is 4.21. The maximum atomic E-state index is 12.7. The van der Waals surface area contributed by atoms with Gasteiger partial charge in [0.05, 0.1) is 11.7 Å². The minimum absolute atomic E-state index is 0.0455. The number of nitrogens with two attached hydrogens (primary N) is 1. The number of nitrogens with zero attached hydrogens (tertiary/aromatic N) is 3. The second kappa shape index (κ2) is 5.23. The van der Waals surface area contributed by atoms with Gasteiger partial charge < -0.3 is 15.7 Å². The normalized spacial score (nSPS) is 19.4. The van der Waals surface area contributed by atoms with E-state index in [0.29, 0.717) is 19.4 Å². The average molecular weight is 290 g/mol. The van der Waals surface area contributed by atoms with Crippen LogP contribution in [-0.2, 0) is 11.0 Å². The number of anilines is 1. The van der Waals surface area contributed by atoms with Crippen LogP contribution in [0.25, 0.3) is 0 Å². The van der Waals surface area contributed by atoms with Crippen molar-refractivity contribution in [3.63, 3.8) is 0 Å². The smallest absolute Gasteiger partial charge is 0.387 e. The van der Waals surface area contributed by atoms with E-state index in [1.807, 2.05) is 0 Å². The third kappa shape index (κ3) is 2.82. The van der Waals surface area contributed by atoms with Gasteiger partial charge in [-0.2, -0.15) is 13.2 Å². The number of hydrogen-bond acceptors (Lipinski definition) is 5. The van der Waals surface area contributed by atoms with Crippen molar-refractivity contribution in [2.24, 2.45) is 0 Å². The Morgan fingerprint density at radius 3 is 2.80 bits per heavy atom. The van der Waals surface area contributed by atoms with Crippen molar-refractivity contribution in [2.45, 2.75) is 25.1 Å². The molecule has 1 aromatic heterocycles. The highest BCUT2D eigenvalue weighted by molar-refractivity contribution is 5.78. The summed E-state index contributed by atoms with van der Waals surface area (Å²) < 4.78 is 38.1. The number of halogens is 3. The van der Waals surface area contributed by atoms with E-state index >= 15 is 0 Å². The molecule has 1 fully saturated rings. The van der Waals surface area contributed by atoms with Crippen molar-refractivity contribution in [1.29, 1.82) is 0 Å². The molecule has 0 saturated carbocycles. The van der Waals surface area contributed by atoms with Crippen LogP contribution in [0.15, 0.2) is 6.07 Å². The molecule has 110 valence electrons. The molecule has 0 aromatic carbocycles. The highest BCUT2D eigenvalue weighted by Gasteiger charge is 2.36. The molecule has 0 unspecified atom stereocenters. The minimum atomic E-state index is -4.63. The van der Waals surface area contributed by atoms with Gasteiger partial charge in [-0.1, -0.05) is 0 Å². The van der Waals surface area contributed by atoms with Crippen LogP contribution in [0.5, 0.6) is 0 Å². The SMILES string of the molecule is Nc1nc([C@@H]2CCCN2C(=O)CO)cc(C(F)(F)F)n1. The van der Waals surface area contributed by atoms with E-state index in [-0.39, 0.29) is 5.69 Å². The molecule has 1 aromatic rings.